The summed E-state index contributed by atoms with van der Waals surface area (Å²) in [6.07, 6.45) is 0. The van der Waals surface area contributed by atoms with E-state index in [4.69, 9.17) is 9.47 Å². The standard InChI is InChI=1S/C13H16N2O4/c1-9(16)14-11-7-10(3-4-12(11)18-2)15-5-6-19-8-13(15)17/h3-4,7H,5-6,8H2,1-2H3,(H,14,16). The molecule has 0 aliphatic carbocycles. The van der Waals surface area contributed by atoms with Crippen molar-refractivity contribution in [3.63, 3.8) is 0 Å². The molecule has 1 aromatic carbocycles. The van der Waals surface area contributed by atoms with Crippen LogP contribution in [0.25, 0.3) is 0 Å². The van der Waals surface area contributed by atoms with Crippen LogP contribution in [0.2, 0.25) is 0 Å². The molecule has 19 heavy (non-hydrogen) atoms. The van der Waals surface area contributed by atoms with E-state index in [1.165, 1.54) is 14.0 Å². The quantitative estimate of drug-likeness (QED) is 0.885. The Kier molecular flexibility index (Phi) is 4.01. The molecule has 1 heterocycles. The minimum atomic E-state index is -0.191. The summed E-state index contributed by atoms with van der Waals surface area (Å²) in [6, 6.07) is 5.24. The van der Waals surface area contributed by atoms with E-state index in [1.54, 1.807) is 23.1 Å². The normalized spacial score (nSPS) is 15.3. The molecular weight excluding hydrogens is 248 g/mol. The van der Waals surface area contributed by atoms with Crippen LogP contribution in [0.15, 0.2) is 18.2 Å². The predicted molar refractivity (Wildman–Crippen MR) is 70.5 cm³/mol. The molecular formula is C13H16N2O4. The third-order valence-electron chi connectivity index (χ3n) is 2.79. The largest absolute Gasteiger partial charge is 0.495 e. The van der Waals surface area contributed by atoms with Crippen molar-refractivity contribution in [2.24, 2.45) is 0 Å². The molecule has 0 saturated carbocycles. The maximum atomic E-state index is 11.8. The highest BCUT2D eigenvalue weighted by Gasteiger charge is 2.21. The second-order valence-electron chi connectivity index (χ2n) is 4.16. The molecule has 6 heteroatoms. The Labute approximate surface area is 111 Å². The molecule has 1 N–H and O–H groups in total. The Bertz CT molecular complexity index is 501. The van der Waals surface area contributed by atoms with E-state index < -0.39 is 0 Å². The summed E-state index contributed by atoms with van der Waals surface area (Å²) in [6.45, 7) is 2.52. The number of methoxy groups -OCH3 is 1. The lowest BCUT2D eigenvalue weighted by Crippen LogP contribution is -2.41. The Morgan fingerprint density at radius 3 is 2.89 bits per heavy atom. The number of hydrogen-bond acceptors (Lipinski definition) is 4. The van der Waals surface area contributed by atoms with Gasteiger partial charge in [0.05, 0.1) is 19.4 Å². The number of amides is 2. The van der Waals surface area contributed by atoms with Crippen LogP contribution in [0, 0.1) is 0 Å². The van der Waals surface area contributed by atoms with Gasteiger partial charge in [0.25, 0.3) is 5.91 Å². The van der Waals surface area contributed by atoms with E-state index in [2.05, 4.69) is 5.32 Å². The fraction of sp³-hybridized carbons (Fsp3) is 0.385. The molecule has 2 amide bonds. The maximum absolute atomic E-state index is 11.8. The van der Waals surface area contributed by atoms with Gasteiger partial charge in [-0.05, 0) is 18.2 Å². The molecule has 1 aliphatic heterocycles. The van der Waals surface area contributed by atoms with Gasteiger partial charge in [-0.2, -0.15) is 0 Å². The zero-order valence-electron chi connectivity index (χ0n) is 10.9. The molecule has 102 valence electrons. The van der Waals surface area contributed by atoms with Gasteiger partial charge in [-0.3, -0.25) is 9.59 Å². The number of hydrogen-bond donors (Lipinski definition) is 1. The lowest BCUT2D eigenvalue weighted by Gasteiger charge is -2.27. The summed E-state index contributed by atoms with van der Waals surface area (Å²) in [5.74, 6) is 0.272. The number of nitrogens with one attached hydrogen (secondary N) is 1. The lowest BCUT2D eigenvalue weighted by molar-refractivity contribution is -0.125. The van der Waals surface area contributed by atoms with Gasteiger partial charge in [0.15, 0.2) is 0 Å². The number of anilines is 2. The van der Waals surface area contributed by atoms with Gasteiger partial charge in [-0.25, -0.2) is 0 Å². The summed E-state index contributed by atoms with van der Waals surface area (Å²) < 4.78 is 10.3. The molecule has 0 radical (unpaired) electrons. The average Bonchev–Trinajstić information content (AvgIpc) is 2.38. The summed E-state index contributed by atoms with van der Waals surface area (Å²) in [7, 11) is 1.53. The molecule has 0 spiro atoms. The number of benzene rings is 1. The fourth-order valence-electron chi connectivity index (χ4n) is 1.94. The molecule has 1 saturated heterocycles. The van der Waals surface area contributed by atoms with Gasteiger partial charge in [-0.15, -0.1) is 0 Å². The Balaban J connectivity index is 2.30. The van der Waals surface area contributed by atoms with Crippen LogP contribution in [0.1, 0.15) is 6.92 Å². The van der Waals surface area contributed by atoms with Crippen molar-refractivity contribution >= 4 is 23.2 Å². The number of ether oxygens (including phenoxy) is 2. The van der Waals surface area contributed by atoms with Gasteiger partial charge in [0.1, 0.15) is 12.4 Å². The zero-order chi connectivity index (χ0) is 13.8. The monoisotopic (exact) mass is 264 g/mol. The first-order valence-electron chi connectivity index (χ1n) is 5.95. The van der Waals surface area contributed by atoms with Crippen molar-refractivity contribution in [1.29, 1.82) is 0 Å². The molecule has 0 atom stereocenters. The minimum Gasteiger partial charge on any atom is -0.495 e. The summed E-state index contributed by atoms with van der Waals surface area (Å²) in [4.78, 5) is 24.6. The van der Waals surface area contributed by atoms with Crippen LogP contribution in [0.5, 0.6) is 5.75 Å². The molecule has 1 fully saturated rings. The van der Waals surface area contributed by atoms with Crippen molar-refractivity contribution in [2.75, 3.05) is 37.1 Å². The topological polar surface area (TPSA) is 67.9 Å². The van der Waals surface area contributed by atoms with Crippen LogP contribution in [0.3, 0.4) is 0 Å². The molecule has 6 nitrogen and oxygen atoms in total. The second kappa shape index (κ2) is 5.71. The average molecular weight is 264 g/mol. The minimum absolute atomic E-state index is 0.0848. The van der Waals surface area contributed by atoms with Crippen LogP contribution < -0.4 is 15.0 Å². The van der Waals surface area contributed by atoms with Gasteiger partial charge in [-0.1, -0.05) is 0 Å². The van der Waals surface area contributed by atoms with E-state index in [0.717, 1.165) is 5.69 Å². The van der Waals surface area contributed by atoms with Crippen molar-refractivity contribution in [3.05, 3.63) is 18.2 Å². The molecule has 0 unspecified atom stereocenters. The Morgan fingerprint density at radius 2 is 2.26 bits per heavy atom. The number of rotatable bonds is 3. The summed E-state index contributed by atoms with van der Waals surface area (Å²) in [5, 5.41) is 2.69. The Hall–Kier alpha value is -2.08. The van der Waals surface area contributed by atoms with Gasteiger partial charge in [0, 0.05) is 19.2 Å². The third-order valence-corrected chi connectivity index (χ3v) is 2.79. The van der Waals surface area contributed by atoms with Crippen molar-refractivity contribution in [3.8, 4) is 5.75 Å². The number of carbonyl (C=O) groups is 2. The second-order valence-corrected chi connectivity index (χ2v) is 4.16. The van der Waals surface area contributed by atoms with Gasteiger partial charge >= 0.3 is 0 Å². The third kappa shape index (κ3) is 3.03. The smallest absolute Gasteiger partial charge is 0.253 e. The SMILES string of the molecule is COc1ccc(N2CCOCC2=O)cc1NC(C)=O. The van der Waals surface area contributed by atoms with Gasteiger partial charge in [0.2, 0.25) is 5.91 Å². The number of carbonyl (C=O) groups excluding carboxylic acids is 2. The summed E-state index contributed by atoms with van der Waals surface area (Å²) in [5.41, 5.74) is 1.27. The fourth-order valence-corrected chi connectivity index (χ4v) is 1.94. The number of nitrogens with zero attached hydrogens (tertiary/aromatic N) is 1. The maximum Gasteiger partial charge on any atom is 0.253 e. The van der Waals surface area contributed by atoms with Crippen molar-refractivity contribution in [1.82, 2.24) is 0 Å². The molecule has 0 bridgehead atoms. The number of morpholine rings is 1. The van der Waals surface area contributed by atoms with Crippen LogP contribution >= 0.6 is 0 Å². The lowest BCUT2D eigenvalue weighted by atomic mass is 10.2. The van der Waals surface area contributed by atoms with Crippen molar-refractivity contribution in [2.45, 2.75) is 6.92 Å². The van der Waals surface area contributed by atoms with E-state index in [9.17, 15) is 9.59 Å². The molecule has 1 aromatic rings. The van der Waals surface area contributed by atoms with Gasteiger partial charge < -0.3 is 19.7 Å². The van der Waals surface area contributed by atoms with E-state index in [0.29, 0.717) is 24.6 Å². The Morgan fingerprint density at radius 1 is 1.47 bits per heavy atom. The van der Waals surface area contributed by atoms with Crippen LogP contribution in [-0.4, -0.2) is 38.7 Å². The van der Waals surface area contributed by atoms with E-state index in [-0.39, 0.29) is 18.4 Å². The zero-order valence-corrected chi connectivity index (χ0v) is 10.9. The first-order chi connectivity index (χ1) is 9.11. The summed E-state index contributed by atoms with van der Waals surface area (Å²) >= 11 is 0. The highest BCUT2D eigenvalue weighted by molar-refractivity contribution is 5.97. The molecule has 2 rings (SSSR count). The highest BCUT2D eigenvalue weighted by atomic mass is 16.5. The first kappa shape index (κ1) is 13.4. The van der Waals surface area contributed by atoms with E-state index in [1.807, 2.05) is 0 Å². The highest BCUT2D eigenvalue weighted by Crippen LogP contribution is 2.30. The predicted octanol–water partition coefficient (Wildman–Crippen LogP) is 1.02. The molecule has 1 aliphatic rings. The first-order valence-corrected chi connectivity index (χ1v) is 5.95. The van der Waals surface area contributed by atoms with Crippen LogP contribution in [-0.2, 0) is 14.3 Å². The van der Waals surface area contributed by atoms with Crippen LogP contribution in [0.4, 0.5) is 11.4 Å². The van der Waals surface area contributed by atoms with Crippen molar-refractivity contribution < 1.29 is 19.1 Å². The molecule has 0 aromatic heterocycles. The van der Waals surface area contributed by atoms with E-state index >= 15 is 0 Å².